The molecule has 0 bridgehead atoms. The normalized spacial score (nSPS) is 17.6. The Kier molecular flexibility index (Phi) is 13.6. The van der Waals surface area contributed by atoms with Crippen LogP contribution in [0.5, 0.6) is 0 Å². The molecule has 0 N–H and O–H groups in total. The summed E-state index contributed by atoms with van der Waals surface area (Å²) in [5, 5.41) is 6.14. The van der Waals surface area contributed by atoms with E-state index in [1.807, 2.05) is 12.2 Å². The van der Waals surface area contributed by atoms with Crippen molar-refractivity contribution in [2.45, 2.75) is 98.6 Å². The van der Waals surface area contributed by atoms with E-state index < -0.39 is 16.1 Å². The van der Waals surface area contributed by atoms with Gasteiger partial charge in [0, 0.05) is 0 Å². The van der Waals surface area contributed by atoms with Crippen LogP contribution in [0.2, 0.25) is 39.3 Å². The number of benzene rings is 3. The van der Waals surface area contributed by atoms with Gasteiger partial charge in [-0.1, -0.05) is 111 Å². The summed E-state index contributed by atoms with van der Waals surface area (Å²) in [6.45, 7) is 21.9. The zero-order valence-corrected chi connectivity index (χ0v) is 35.5. The van der Waals surface area contributed by atoms with Crippen LogP contribution in [0.1, 0.15) is 56.2 Å². The Hall–Kier alpha value is -2.45. The Morgan fingerprint density at radius 1 is 0.833 bits per heavy atom. The van der Waals surface area contributed by atoms with Crippen molar-refractivity contribution in [3.8, 4) is 0 Å². The molecule has 3 aliphatic rings. The van der Waals surface area contributed by atoms with Gasteiger partial charge in [-0.15, -0.1) is 18.1 Å². The molecule has 0 radical (unpaired) electrons. The van der Waals surface area contributed by atoms with Crippen molar-refractivity contribution < 1.29 is 24.2 Å². The third-order valence-corrected chi connectivity index (χ3v) is 14.7. The minimum absolute atomic E-state index is 0.106. The van der Waals surface area contributed by atoms with Gasteiger partial charge in [0.25, 0.3) is 0 Å². The second-order valence-corrected chi connectivity index (χ2v) is 27.6. The topological polar surface area (TPSA) is 0 Å². The summed E-state index contributed by atoms with van der Waals surface area (Å²) in [4.78, 5) is 0. The SMILES string of the molecule is CCCCC1(C)[C-]=C2C=c3cc(C)c([Si](C)(C)C)cc3=C2C=C1[Si](C)(C)C.[C-]1=CC=CC1.[Zr+2]=[C](Cc1ccccc1)Cc1ccccc1. The van der Waals surface area contributed by atoms with E-state index in [1.165, 1.54) is 57.5 Å². The maximum absolute atomic E-state index is 4.01. The van der Waals surface area contributed by atoms with Crippen molar-refractivity contribution in [2.24, 2.45) is 5.41 Å². The van der Waals surface area contributed by atoms with Gasteiger partial charge in [0.2, 0.25) is 0 Å². The van der Waals surface area contributed by atoms with E-state index in [-0.39, 0.29) is 5.41 Å². The van der Waals surface area contributed by atoms with E-state index in [2.05, 4.69) is 163 Å². The summed E-state index contributed by atoms with van der Waals surface area (Å²) in [5.74, 6) is 0. The van der Waals surface area contributed by atoms with Crippen LogP contribution in [0.25, 0.3) is 11.6 Å². The Morgan fingerprint density at radius 2 is 1.44 bits per heavy atom. The van der Waals surface area contributed by atoms with Crippen LogP contribution >= 0.6 is 0 Å². The van der Waals surface area contributed by atoms with Gasteiger partial charge < -0.3 is 0 Å². The van der Waals surface area contributed by atoms with E-state index >= 15 is 0 Å². The number of allylic oxidation sites excluding steroid dienone is 8. The van der Waals surface area contributed by atoms with E-state index in [0.717, 1.165) is 19.3 Å². The van der Waals surface area contributed by atoms with Crippen molar-refractivity contribution in [3.63, 3.8) is 0 Å². The average Bonchev–Trinajstić information content (AvgIpc) is 3.71. The molecule has 0 saturated carbocycles. The second-order valence-electron chi connectivity index (χ2n) is 15.8. The number of hydrogen-bond donors (Lipinski definition) is 0. The zero-order valence-electron chi connectivity index (χ0n) is 31.1. The molecule has 3 aliphatic carbocycles. The molecule has 0 saturated heterocycles. The minimum atomic E-state index is -1.42. The van der Waals surface area contributed by atoms with Crippen molar-refractivity contribution in [2.75, 3.05) is 0 Å². The van der Waals surface area contributed by atoms with Crippen molar-refractivity contribution in [1.29, 1.82) is 0 Å². The fourth-order valence-electron chi connectivity index (χ4n) is 7.06. The summed E-state index contributed by atoms with van der Waals surface area (Å²) in [7, 11) is -2.77. The van der Waals surface area contributed by atoms with E-state index in [1.54, 1.807) is 37.8 Å². The molecule has 6 rings (SSSR count). The first-order valence-electron chi connectivity index (χ1n) is 17.8. The molecule has 0 heterocycles. The van der Waals surface area contributed by atoms with Gasteiger partial charge in [0.15, 0.2) is 0 Å². The molecule has 1 atom stereocenters. The molecule has 0 amide bonds. The first kappa shape index (κ1) is 38.4. The van der Waals surface area contributed by atoms with Crippen LogP contribution < -0.4 is 15.6 Å². The summed E-state index contributed by atoms with van der Waals surface area (Å²) in [5.41, 5.74) is 7.20. The number of rotatable bonds is 9. The van der Waals surface area contributed by atoms with Gasteiger partial charge >= 0.3 is 112 Å². The van der Waals surface area contributed by atoms with Gasteiger partial charge in [-0.2, -0.15) is 23.8 Å². The molecule has 0 fully saturated rings. The fraction of sp³-hybridized carbons (Fsp3) is 0.356. The summed E-state index contributed by atoms with van der Waals surface area (Å²) >= 11 is 1.55. The van der Waals surface area contributed by atoms with Gasteiger partial charge in [-0.05, 0) is 12.3 Å². The molecule has 3 aromatic carbocycles. The maximum atomic E-state index is 4.01. The van der Waals surface area contributed by atoms with Crippen LogP contribution in [0.4, 0.5) is 0 Å². The van der Waals surface area contributed by atoms with Crippen LogP contribution in [0.15, 0.2) is 108 Å². The molecule has 48 heavy (non-hydrogen) atoms. The molecule has 0 spiro atoms. The fourth-order valence-corrected chi connectivity index (χ4v) is 12.3. The third-order valence-electron chi connectivity index (χ3n) is 9.32. The number of fused-ring (bicyclic) bond motifs is 2. The predicted octanol–water partition coefficient (Wildman–Crippen LogP) is 9.73. The Balaban J connectivity index is 0.000000207. The first-order chi connectivity index (χ1) is 22.7. The van der Waals surface area contributed by atoms with E-state index in [9.17, 15) is 0 Å². The summed E-state index contributed by atoms with van der Waals surface area (Å²) in [6, 6.07) is 26.4. The van der Waals surface area contributed by atoms with Crippen molar-refractivity contribution >= 4 is 36.2 Å². The molecule has 0 aromatic heterocycles. The Labute approximate surface area is 309 Å². The number of unbranched alkanes of at least 4 members (excludes halogenated alkanes) is 1. The van der Waals surface area contributed by atoms with Crippen LogP contribution in [-0.2, 0) is 37.1 Å². The van der Waals surface area contributed by atoms with Crippen LogP contribution in [0, 0.1) is 24.5 Å². The van der Waals surface area contributed by atoms with Crippen molar-refractivity contribution in [1.82, 2.24) is 0 Å². The molecule has 3 heteroatoms. The average molecular weight is 744 g/mol. The Bertz CT molecular complexity index is 1760. The monoisotopic (exact) mass is 742 g/mol. The predicted molar refractivity (Wildman–Crippen MR) is 214 cm³/mol. The molecular formula is C45H56Si2Zr. The van der Waals surface area contributed by atoms with E-state index in [4.69, 9.17) is 0 Å². The van der Waals surface area contributed by atoms with Crippen molar-refractivity contribution in [3.05, 3.63) is 147 Å². The molecular weight excluding hydrogens is 688 g/mol. The van der Waals surface area contributed by atoms with E-state index in [0.29, 0.717) is 0 Å². The summed E-state index contributed by atoms with van der Waals surface area (Å²) < 4.78 is 1.60. The van der Waals surface area contributed by atoms with Crippen LogP contribution in [0.3, 0.4) is 0 Å². The third kappa shape index (κ3) is 10.5. The standard InChI is InChI=1S/C25H37Si2.C15H14.C5H5.Zr/c1-10-11-12-25(3)17-20-14-19-13-18(2)23(26(4,5)6)15-21(19)22(20)16-24(25)27(7,8)9;1-3-8-14(9-4-1)12-7-13-15-10-5-2-6-11-15;1-2-4-5-3-1;/h13-16H,10-12H2,1-9H3;1-6,8-11H,12-13H2;1-3H,4H2;/q-1;;-1;+2. The zero-order chi connectivity index (χ0) is 35.0. The number of aryl methyl sites for hydroxylation is 1. The Morgan fingerprint density at radius 3 is 1.90 bits per heavy atom. The van der Waals surface area contributed by atoms with Gasteiger partial charge in [0.1, 0.15) is 0 Å². The first-order valence-corrected chi connectivity index (χ1v) is 26.1. The molecule has 0 nitrogen and oxygen atoms in total. The van der Waals surface area contributed by atoms with Crippen LogP contribution in [-0.4, -0.2) is 19.4 Å². The number of hydrogen-bond acceptors (Lipinski definition) is 0. The molecule has 3 aromatic rings. The van der Waals surface area contributed by atoms with Gasteiger partial charge in [0.05, 0.1) is 16.1 Å². The molecule has 0 aliphatic heterocycles. The second kappa shape index (κ2) is 17.0. The molecule has 1 unspecified atom stereocenters. The molecule has 248 valence electrons. The van der Waals surface area contributed by atoms with Gasteiger partial charge in [-0.25, -0.2) is 12.2 Å². The summed E-state index contributed by atoms with van der Waals surface area (Å²) in [6.07, 6.45) is 25.0. The van der Waals surface area contributed by atoms with Gasteiger partial charge in [-0.3, -0.25) is 6.08 Å². The quantitative estimate of drug-likeness (QED) is 0.151.